The fourth-order valence-corrected chi connectivity index (χ4v) is 3.19. The number of aromatic carboxylic acids is 1. The third kappa shape index (κ3) is 2.83. The van der Waals surface area contributed by atoms with E-state index in [1.54, 1.807) is 12.1 Å². The van der Waals surface area contributed by atoms with Crippen LogP contribution >= 0.6 is 11.8 Å². The zero-order valence-electron chi connectivity index (χ0n) is 11.5. The Morgan fingerprint density at radius 2 is 1.90 bits per heavy atom. The van der Waals surface area contributed by atoms with Crippen LogP contribution in [0.2, 0.25) is 0 Å². The lowest BCUT2D eigenvalue weighted by Crippen LogP contribution is -2.15. The van der Waals surface area contributed by atoms with Crippen LogP contribution in [-0.2, 0) is 0 Å². The highest BCUT2D eigenvalue weighted by molar-refractivity contribution is 7.99. The predicted octanol–water partition coefficient (Wildman–Crippen LogP) is 3.62. The van der Waals surface area contributed by atoms with E-state index in [-0.39, 0.29) is 0 Å². The van der Waals surface area contributed by atoms with Gasteiger partial charge in [0, 0.05) is 9.79 Å². The first-order valence-electron chi connectivity index (χ1n) is 6.55. The summed E-state index contributed by atoms with van der Waals surface area (Å²) in [6.07, 6.45) is 0. The van der Waals surface area contributed by atoms with Gasteiger partial charge in [-0.05, 0) is 36.8 Å². The third-order valence-corrected chi connectivity index (χ3v) is 4.41. The summed E-state index contributed by atoms with van der Waals surface area (Å²) < 4.78 is 11.0. The van der Waals surface area contributed by atoms with Gasteiger partial charge in [0.05, 0.1) is 5.56 Å². The Hall–Kier alpha value is -2.14. The molecule has 2 aromatic rings. The van der Waals surface area contributed by atoms with E-state index < -0.39 is 5.97 Å². The van der Waals surface area contributed by atoms with Gasteiger partial charge in [-0.15, -0.1) is 0 Å². The predicted molar refractivity (Wildman–Crippen MR) is 79.7 cm³/mol. The Balaban J connectivity index is 1.95. The van der Waals surface area contributed by atoms with Gasteiger partial charge in [0.15, 0.2) is 11.5 Å². The smallest absolute Gasteiger partial charge is 0.336 e. The van der Waals surface area contributed by atoms with Crippen molar-refractivity contribution in [3.8, 4) is 11.5 Å². The molecular weight excluding hydrogens is 288 g/mol. The summed E-state index contributed by atoms with van der Waals surface area (Å²) in [4.78, 5) is 13.0. The van der Waals surface area contributed by atoms with Crippen LogP contribution < -0.4 is 9.47 Å². The normalized spacial score (nSPS) is 13.0. The largest absolute Gasteiger partial charge is 0.486 e. The van der Waals surface area contributed by atoms with E-state index in [1.807, 2.05) is 31.2 Å². The highest BCUT2D eigenvalue weighted by Gasteiger charge is 2.16. The summed E-state index contributed by atoms with van der Waals surface area (Å²) in [6, 6.07) is 10.9. The lowest BCUT2D eigenvalue weighted by molar-refractivity contribution is 0.0693. The Bertz CT molecular complexity index is 697. The Labute approximate surface area is 126 Å². The minimum Gasteiger partial charge on any atom is -0.486 e. The maximum Gasteiger partial charge on any atom is 0.336 e. The molecule has 0 radical (unpaired) electrons. The monoisotopic (exact) mass is 302 g/mol. The maximum atomic E-state index is 11.3. The molecule has 1 N–H and O–H groups in total. The summed E-state index contributed by atoms with van der Waals surface area (Å²) in [5, 5.41) is 9.30. The number of hydrogen-bond acceptors (Lipinski definition) is 4. The first-order chi connectivity index (χ1) is 10.1. The van der Waals surface area contributed by atoms with E-state index in [1.165, 1.54) is 11.8 Å². The van der Waals surface area contributed by atoms with Crippen LogP contribution in [0.15, 0.2) is 46.2 Å². The van der Waals surface area contributed by atoms with E-state index in [2.05, 4.69) is 0 Å². The lowest BCUT2D eigenvalue weighted by atomic mass is 10.1. The summed E-state index contributed by atoms with van der Waals surface area (Å²) in [7, 11) is 0. The number of fused-ring (bicyclic) bond motifs is 1. The molecule has 5 heteroatoms. The second-order valence-electron chi connectivity index (χ2n) is 4.66. The van der Waals surface area contributed by atoms with Crippen molar-refractivity contribution in [2.45, 2.75) is 16.7 Å². The second-order valence-corrected chi connectivity index (χ2v) is 5.75. The standard InChI is InChI=1S/C16H14O4S/c1-10-3-2-4-12(16(17)18)15(10)21-11-5-6-13-14(9-11)20-8-7-19-13/h2-6,9H,7-8H2,1H3,(H,17,18). The number of carboxylic acids is 1. The molecular formula is C16H14O4S. The number of benzene rings is 2. The fraction of sp³-hybridized carbons (Fsp3) is 0.188. The second kappa shape index (κ2) is 5.69. The fourth-order valence-electron chi connectivity index (χ4n) is 2.16. The average molecular weight is 302 g/mol. The lowest BCUT2D eigenvalue weighted by Gasteiger charge is -2.19. The summed E-state index contributed by atoms with van der Waals surface area (Å²) in [5.41, 5.74) is 1.25. The Morgan fingerprint density at radius 1 is 1.14 bits per heavy atom. The SMILES string of the molecule is Cc1cccc(C(=O)O)c1Sc1ccc2c(c1)OCCO2. The highest BCUT2D eigenvalue weighted by atomic mass is 32.2. The van der Waals surface area contributed by atoms with Gasteiger partial charge in [-0.1, -0.05) is 23.9 Å². The number of carbonyl (C=O) groups is 1. The first kappa shape index (κ1) is 13.8. The first-order valence-corrected chi connectivity index (χ1v) is 7.37. The Morgan fingerprint density at radius 3 is 2.67 bits per heavy atom. The minimum atomic E-state index is -0.918. The molecule has 0 saturated heterocycles. The highest BCUT2D eigenvalue weighted by Crippen LogP contribution is 2.38. The summed E-state index contributed by atoms with van der Waals surface area (Å²) >= 11 is 1.43. The van der Waals surface area contributed by atoms with Crippen LogP contribution in [0.5, 0.6) is 11.5 Å². The summed E-state index contributed by atoms with van der Waals surface area (Å²) in [5.74, 6) is 0.518. The molecule has 4 nitrogen and oxygen atoms in total. The Kier molecular flexibility index (Phi) is 3.75. The summed E-state index contributed by atoms with van der Waals surface area (Å²) in [6.45, 7) is 3.00. The van der Waals surface area contributed by atoms with Crippen LogP contribution in [-0.4, -0.2) is 24.3 Å². The van der Waals surface area contributed by atoms with E-state index >= 15 is 0 Å². The van der Waals surface area contributed by atoms with Crippen LogP contribution in [0.25, 0.3) is 0 Å². The molecule has 21 heavy (non-hydrogen) atoms. The van der Waals surface area contributed by atoms with Gasteiger partial charge in [0.25, 0.3) is 0 Å². The molecule has 1 heterocycles. The molecule has 0 bridgehead atoms. The van der Waals surface area contributed by atoms with Gasteiger partial charge in [0.1, 0.15) is 13.2 Å². The molecule has 0 aliphatic carbocycles. The zero-order chi connectivity index (χ0) is 14.8. The van der Waals surface area contributed by atoms with Crippen molar-refractivity contribution in [1.29, 1.82) is 0 Å². The number of aryl methyl sites for hydroxylation is 1. The van der Waals surface area contributed by atoms with Gasteiger partial charge < -0.3 is 14.6 Å². The molecule has 2 aromatic carbocycles. The van der Waals surface area contributed by atoms with Crippen LogP contribution in [0.3, 0.4) is 0 Å². The van der Waals surface area contributed by atoms with Crippen LogP contribution in [0, 0.1) is 6.92 Å². The average Bonchev–Trinajstić information content (AvgIpc) is 2.49. The molecule has 108 valence electrons. The minimum absolute atomic E-state index is 0.315. The van der Waals surface area contributed by atoms with Crippen molar-refractivity contribution in [3.63, 3.8) is 0 Å². The van der Waals surface area contributed by atoms with Crippen molar-refractivity contribution < 1.29 is 19.4 Å². The molecule has 0 unspecified atom stereocenters. The van der Waals surface area contributed by atoms with E-state index in [4.69, 9.17) is 9.47 Å². The molecule has 3 rings (SSSR count). The quantitative estimate of drug-likeness (QED) is 0.938. The van der Waals surface area contributed by atoms with Crippen LogP contribution in [0.4, 0.5) is 0 Å². The number of hydrogen-bond donors (Lipinski definition) is 1. The van der Waals surface area contributed by atoms with Gasteiger partial charge in [0.2, 0.25) is 0 Å². The van der Waals surface area contributed by atoms with E-state index in [0.29, 0.717) is 24.5 Å². The molecule has 0 fully saturated rings. The number of carboxylic acid groups (broad SMARTS) is 1. The van der Waals surface area contributed by atoms with E-state index in [9.17, 15) is 9.90 Å². The third-order valence-electron chi connectivity index (χ3n) is 3.18. The van der Waals surface area contributed by atoms with Gasteiger partial charge in [-0.25, -0.2) is 4.79 Å². The molecule has 0 amide bonds. The van der Waals surface area contributed by atoms with Crippen molar-refractivity contribution >= 4 is 17.7 Å². The van der Waals surface area contributed by atoms with Crippen molar-refractivity contribution in [2.75, 3.05) is 13.2 Å². The van der Waals surface area contributed by atoms with Crippen molar-refractivity contribution in [3.05, 3.63) is 47.5 Å². The van der Waals surface area contributed by atoms with Gasteiger partial charge >= 0.3 is 5.97 Å². The number of ether oxygens (including phenoxy) is 2. The van der Waals surface area contributed by atoms with Crippen LogP contribution in [0.1, 0.15) is 15.9 Å². The molecule has 0 aromatic heterocycles. The van der Waals surface area contributed by atoms with E-state index in [0.717, 1.165) is 21.1 Å². The molecule has 0 atom stereocenters. The molecule has 1 aliphatic rings. The molecule has 0 saturated carbocycles. The van der Waals surface area contributed by atoms with Crippen molar-refractivity contribution in [1.82, 2.24) is 0 Å². The molecule has 0 spiro atoms. The van der Waals surface area contributed by atoms with Gasteiger partial charge in [-0.2, -0.15) is 0 Å². The van der Waals surface area contributed by atoms with Crippen molar-refractivity contribution in [2.24, 2.45) is 0 Å². The molecule has 1 aliphatic heterocycles. The topological polar surface area (TPSA) is 55.8 Å². The maximum absolute atomic E-state index is 11.3. The number of rotatable bonds is 3. The zero-order valence-corrected chi connectivity index (χ0v) is 12.3. The van der Waals surface area contributed by atoms with Gasteiger partial charge in [-0.3, -0.25) is 0 Å².